The first kappa shape index (κ1) is 18.9. The van der Waals surface area contributed by atoms with Gasteiger partial charge in [-0.15, -0.1) is 0 Å². The predicted molar refractivity (Wildman–Crippen MR) is 86.1 cm³/mol. The van der Waals surface area contributed by atoms with E-state index >= 15 is 0 Å². The molecule has 6 N–H and O–H groups in total. The summed E-state index contributed by atoms with van der Waals surface area (Å²) in [5, 5.41) is 20.3. The monoisotopic (exact) mass is 391 g/mol. The number of ether oxygens (including phenoxy) is 2. The van der Waals surface area contributed by atoms with Crippen molar-refractivity contribution in [3.05, 3.63) is 16.2 Å². The first-order valence-electron chi connectivity index (χ1n) is 7.35. The summed E-state index contributed by atoms with van der Waals surface area (Å²) in [6.45, 7) is -0.297. The van der Waals surface area contributed by atoms with Gasteiger partial charge in [0, 0.05) is 14.2 Å². The van der Waals surface area contributed by atoms with E-state index in [2.05, 4.69) is 19.9 Å². The molecule has 144 valence electrons. The van der Waals surface area contributed by atoms with Gasteiger partial charge in [-0.05, 0) is 0 Å². The summed E-state index contributed by atoms with van der Waals surface area (Å²) in [6, 6.07) is 0. The molecule has 1 aliphatic heterocycles. The highest BCUT2D eigenvalue weighted by atomic mass is 31.2. The molecular weight excluding hydrogens is 373 g/mol. The third-order valence-corrected chi connectivity index (χ3v) is 5.48. The number of hydrogen-bond acceptors (Lipinski definition) is 11. The minimum atomic E-state index is -3.63. The topological polar surface area (TPSA) is 195 Å². The van der Waals surface area contributed by atoms with E-state index in [0.717, 1.165) is 14.2 Å². The Bertz CT molecular complexity index is 907. The molecule has 3 heterocycles. The van der Waals surface area contributed by atoms with Crippen LogP contribution in [0.1, 0.15) is 5.82 Å². The van der Waals surface area contributed by atoms with Crippen molar-refractivity contribution in [1.82, 2.24) is 19.9 Å². The van der Waals surface area contributed by atoms with Gasteiger partial charge in [0.2, 0.25) is 5.95 Å². The van der Waals surface area contributed by atoms with Crippen molar-refractivity contribution in [2.45, 2.75) is 18.0 Å². The predicted octanol–water partition coefficient (Wildman–Crippen LogP) is -1.41. The Balaban J connectivity index is 2.06. The van der Waals surface area contributed by atoms with Crippen LogP contribution in [0.25, 0.3) is 11.2 Å². The highest BCUT2D eigenvalue weighted by molar-refractivity contribution is 7.53. The highest BCUT2D eigenvalue weighted by Gasteiger charge is 2.55. The summed E-state index contributed by atoms with van der Waals surface area (Å²) in [7, 11) is -1.31. The quantitative estimate of drug-likeness (QED) is 0.363. The van der Waals surface area contributed by atoms with Crippen LogP contribution in [0.15, 0.2) is 4.79 Å². The van der Waals surface area contributed by atoms with E-state index in [1.807, 2.05) is 0 Å². The number of nitrogens with two attached hydrogens (primary N) is 1. The van der Waals surface area contributed by atoms with Crippen LogP contribution in [0, 0.1) is 0 Å². The molecule has 13 nitrogen and oxygen atoms in total. The first-order valence-corrected chi connectivity index (χ1v) is 9.08. The third kappa shape index (κ3) is 3.03. The zero-order chi connectivity index (χ0) is 19.1. The van der Waals surface area contributed by atoms with Gasteiger partial charge >= 0.3 is 7.60 Å². The summed E-state index contributed by atoms with van der Waals surface area (Å²) in [5.41, 5.74) is 4.78. The Hall–Kier alpha value is -1.86. The van der Waals surface area contributed by atoms with Crippen LogP contribution < -0.4 is 11.3 Å². The molecule has 26 heavy (non-hydrogen) atoms. The smallest absolute Gasteiger partial charge is 0.355 e. The van der Waals surface area contributed by atoms with E-state index in [9.17, 15) is 19.6 Å². The standard InChI is InChI=1S/C12H18N5O8P/c1-22-26(21,23-2)4-25-12(7(19)5(18)3-24-12)10-14-6-8(15-10)16-11(13)17-9(6)20/h5,7,18-19H,3-4H2,1-2H3,(H4,13,14,15,16,17,20)/t5-,7-,12+/m1/s1. The molecule has 3 rings (SSSR count). The number of hydrogen-bond donors (Lipinski definition) is 5. The number of nitrogen functional groups attached to an aromatic ring is 1. The van der Waals surface area contributed by atoms with E-state index < -0.39 is 37.5 Å². The number of aromatic amines is 2. The van der Waals surface area contributed by atoms with Gasteiger partial charge in [0.05, 0.1) is 6.61 Å². The minimum absolute atomic E-state index is 0.0453. The van der Waals surface area contributed by atoms with Crippen molar-refractivity contribution >= 4 is 24.7 Å². The summed E-state index contributed by atoms with van der Waals surface area (Å²) < 4.78 is 32.7. The normalized spacial score (nSPS) is 26.6. The van der Waals surface area contributed by atoms with Crippen LogP contribution in [0.3, 0.4) is 0 Å². The largest absolute Gasteiger partial charge is 0.388 e. The van der Waals surface area contributed by atoms with Crippen LogP contribution in [-0.2, 0) is 28.9 Å². The molecule has 1 saturated heterocycles. The van der Waals surface area contributed by atoms with Gasteiger partial charge in [-0.2, -0.15) is 4.98 Å². The molecule has 0 spiro atoms. The average molecular weight is 391 g/mol. The molecule has 0 aromatic carbocycles. The molecule has 3 atom stereocenters. The van der Waals surface area contributed by atoms with Crippen LogP contribution in [-0.4, -0.2) is 69.5 Å². The van der Waals surface area contributed by atoms with E-state index in [0.29, 0.717) is 0 Å². The molecule has 1 fully saturated rings. The van der Waals surface area contributed by atoms with Crippen molar-refractivity contribution in [3.63, 3.8) is 0 Å². The lowest BCUT2D eigenvalue weighted by atomic mass is 10.1. The molecule has 0 amide bonds. The molecule has 0 saturated carbocycles. The fourth-order valence-corrected chi connectivity index (χ4v) is 3.20. The Morgan fingerprint density at radius 1 is 1.35 bits per heavy atom. The molecule has 0 unspecified atom stereocenters. The van der Waals surface area contributed by atoms with Gasteiger partial charge in [0.15, 0.2) is 23.3 Å². The zero-order valence-corrected chi connectivity index (χ0v) is 14.7. The van der Waals surface area contributed by atoms with Gasteiger partial charge in [-0.1, -0.05) is 0 Å². The number of imidazole rings is 1. The van der Waals surface area contributed by atoms with E-state index in [1.165, 1.54) is 0 Å². The summed E-state index contributed by atoms with van der Waals surface area (Å²) in [4.78, 5) is 24.8. The molecule has 14 heteroatoms. The lowest BCUT2D eigenvalue weighted by Crippen LogP contribution is -2.44. The molecular formula is C12H18N5O8P. The van der Waals surface area contributed by atoms with Crippen LogP contribution >= 0.6 is 7.60 Å². The minimum Gasteiger partial charge on any atom is -0.388 e. The fourth-order valence-electron chi connectivity index (χ4n) is 2.49. The van der Waals surface area contributed by atoms with Crippen molar-refractivity contribution in [2.75, 3.05) is 32.9 Å². The molecule has 0 radical (unpaired) electrons. The number of aliphatic hydroxyl groups is 2. The lowest BCUT2D eigenvalue weighted by molar-refractivity contribution is -0.254. The maximum absolute atomic E-state index is 12.3. The first-order chi connectivity index (χ1) is 12.2. The van der Waals surface area contributed by atoms with Gasteiger partial charge in [0.1, 0.15) is 12.2 Å². The van der Waals surface area contributed by atoms with Crippen molar-refractivity contribution in [2.24, 2.45) is 0 Å². The lowest BCUT2D eigenvalue weighted by Gasteiger charge is -2.30. The fraction of sp³-hybridized carbons (Fsp3) is 0.583. The Morgan fingerprint density at radius 2 is 2.04 bits per heavy atom. The van der Waals surface area contributed by atoms with Gasteiger partial charge in [-0.3, -0.25) is 14.3 Å². The third-order valence-electron chi connectivity index (χ3n) is 3.93. The molecule has 0 aliphatic carbocycles. The summed E-state index contributed by atoms with van der Waals surface area (Å²) in [5.74, 6) is -2.38. The summed E-state index contributed by atoms with van der Waals surface area (Å²) in [6.07, 6.45) is -3.54. The number of H-pyrrole nitrogens is 2. The molecule has 2 aromatic rings. The van der Waals surface area contributed by atoms with Crippen LogP contribution in [0.4, 0.5) is 5.95 Å². The molecule has 2 aromatic heterocycles. The second-order valence-corrected chi connectivity index (χ2v) is 7.69. The number of nitrogens with one attached hydrogen (secondary N) is 2. The molecule has 1 aliphatic rings. The van der Waals surface area contributed by atoms with Gasteiger partial charge in [-0.25, -0.2) is 4.98 Å². The second-order valence-electron chi connectivity index (χ2n) is 5.48. The van der Waals surface area contributed by atoms with E-state index in [4.69, 9.17) is 24.3 Å². The maximum Gasteiger partial charge on any atom is 0.355 e. The second kappa shape index (κ2) is 6.70. The van der Waals surface area contributed by atoms with E-state index in [-0.39, 0.29) is 29.5 Å². The Morgan fingerprint density at radius 3 is 2.62 bits per heavy atom. The number of rotatable bonds is 6. The SMILES string of the molecule is COP(=O)(CO[C@@]1(c2nc3nc(N)[nH]c(=O)c3[nH]2)OC[C@@H](O)[C@H]1O)OC. The van der Waals surface area contributed by atoms with Crippen LogP contribution in [0.5, 0.6) is 0 Å². The zero-order valence-electron chi connectivity index (χ0n) is 13.8. The van der Waals surface area contributed by atoms with Crippen LogP contribution in [0.2, 0.25) is 0 Å². The van der Waals surface area contributed by atoms with Gasteiger partial charge < -0.3 is 39.5 Å². The number of aromatic nitrogens is 4. The van der Waals surface area contributed by atoms with Crippen molar-refractivity contribution < 1.29 is 33.3 Å². The number of anilines is 1. The highest BCUT2D eigenvalue weighted by Crippen LogP contribution is 2.49. The number of aliphatic hydroxyl groups excluding tert-OH is 2. The Labute approximate surface area is 146 Å². The maximum atomic E-state index is 12.3. The summed E-state index contributed by atoms with van der Waals surface area (Å²) >= 11 is 0. The van der Waals surface area contributed by atoms with Gasteiger partial charge in [0.25, 0.3) is 11.3 Å². The van der Waals surface area contributed by atoms with Crippen molar-refractivity contribution in [1.29, 1.82) is 0 Å². The average Bonchev–Trinajstić information content (AvgIpc) is 3.16. The number of fused-ring (bicyclic) bond motifs is 1. The van der Waals surface area contributed by atoms with E-state index in [1.54, 1.807) is 0 Å². The number of nitrogens with zero attached hydrogens (tertiary/aromatic N) is 2. The van der Waals surface area contributed by atoms with Crippen molar-refractivity contribution in [3.8, 4) is 0 Å². The Kier molecular flexibility index (Phi) is 4.88. The molecule has 0 bridgehead atoms.